The average molecular weight is 556 g/mol. The number of morpholine rings is 1. The molecule has 2 aromatic carbocycles. The number of ether oxygens (including phenoxy) is 2. The third-order valence-electron chi connectivity index (χ3n) is 5.81. The van der Waals surface area contributed by atoms with Crippen molar-refractivity contribution in [2.75, 3.05) is 51.3 Å². The monoisotopic (exact) mass is 554 g/mol. The van der Waals surface area contributed by atoms with E-state index in [0.717, 1.165) is 56.1 Å². The van der Waals surface area contributed by atoms with Crippen LogP contribution in [0.5, 0.6) is 0 Å². The number of hydrazone groups is 1. The van der Waals surface area contributed by atoms with Crippen molar-refractivity contribution >= 4 is 59.0 Å². The van der Waals surface area contributed by atoms with Crippen molar-refractivity contribution in [2.45, 2.75) is 19.3 Å². The lowest BCUT2D eigenvalue weighted by atomic mass is 10.1. The summed E-state index contributed by atoms with van der Waals surface area (Å²) in [7, 11) is 0. The summed E-state index contributed by atoms with van der Waals surface area (Å²) in [4.78, 5) is 27.3. The lowest BCUT2D eigenvalue weighted by Crippen LogP contribution is -2.37. The maximum atomic E-state index is 12.8. The van der Waals surface area contributed by atoms with E-state index in [2.05, 4.69) is 15.3 Å². The number of rotatable bonds is 8. The first-order valence-corrected chi connectivity index (χ1v) is 12.4. The van der Waals surface area contributed by atoms with Crippen molar-refractivity contribution in [3.63, 3.8) is 0 Å². The van der Waals surface area contributed by atoms with Gasteiger partial charge in [-0.25, -0.2) is 9.80 Å². The summed E-state index contributed by atoms with van der Waals surface area (Å²) in [5.74, 6) is -0.138. The van der Waals surface area contributed by atoms with Crippen LogP contribution in [0, 0.1) is 0 Å². The Labute approximate surface area is 226 Å². The van der Waals surface area contributed by atoms with Crippen molar-refractivity contribution in [2.24, 2.45) is 5.10 Å². The summed E-state index contributed by atoms with van der Waals surface area (Å²) in [6.45, 7) is 5.02. The number of hydrogen-bond acceptors (Lipinski definition) is 6. The Bertz CT molecular complexity index is 1090. The van der Waals surface area contributed by atoms with Crippen LogP contribution < -0.4 is 5.32 Å². The summed E-state index contributed by atoms with van der Waals surface area (Å²) >= 11 is 12.4. The molecular formula is C25H29Cl3N4O4. The first kappa shape index (κ1) is 28.2. The zero-order valence-electron chi connectivity index (χ0n) is 19.8. The van der Waals surface area contributed by atoms with Crippen LogP contribution in [0.2, 0.25) is 10.0 Å². The second-order valence-corrected chi connectivity index (χ2v) is 9.23. The SMILES string of the molecule is Cl.O=C(Nc1cccc(CC(=O)N2CCC(c3cc(Cl)ccc3Cl)=N2)c1)OCCCN1CCOCC1. The molecule has 0 radical (unpaired) electrons. The molecule has 11 heteroatoms. The number of nitrogens with zero attached hydrogens (tertiary/aromatic N) is 3. The van der Waals surface area contributed by atoms with Gasteiger partial charge < -0.3 is 9.47 Å². The summed E-state index contributed by atoms with van der Waals surface area (Å²) < 4.78 is 10.6. The molecule has 194 valence electrons. The number of carbonyl (C=O) groups excluding carboxylic acids is 2. The smallest absolute Gasteiger partial charge is 0.411 e. The molecule has 2 aliphatic heterocycles. The quantitative estimate of drug-likeness (QED) is 0.470. The molecule has 0 aliphatic carbocycles. The molecule has 0 unspecified atom stereocenters. The van der Waals surface area contributed by atoms with Crippen molar-refractivity contribution in [3.8, 4) is 0 Å². The number of nitrogens with one attached hydrogen (secondary N) is 1. The van der Waals surface area contributed by atoms with Gasteiger partial charge in [-0.15, -0.1) is 12.4 Å². The minimum atomic E-state index is -0.511. The summed E-state index contributed by atoms with van der Waals surface area (Å²) in [6, 6.07) is 12.4. The van der Waals surface area contributed by atoms with E-state index in [4.69, 9.17) is 32.7 Å². The van der Waals surface area contributed by atoms with Crippen LogP contribution in [-0.4, -0.2) is 73.6 Å². The second kappa shape index (κ2) is 13.8. The number of amides is 2. The Hall–Kier alpha value is -2.36. The fraction of sp³-hybridized carbons (Fsp3) is 0.400. The van der Waals surface area contributed by atoms with Gasteiger partial charge in [-0.2, -0.15) is 5.10 Å². The molecule has 2 aliphatic rings. The minimum Gasteiger partial charge on any atom is -0.449 e. The number of halogens is 3. The summed E-state index contributed by atoms with van der Waals surface area (Å²) in [5.41, 5.74) is 2.82. The summed E-state index contributed by atoms with van der Waals surface area (Å²) in [6.07, 6.45) is 1.01. The van der Waals surface area contributed by atoms with Crippen LogP contribution in [0.4, 0.5) is 10.5 Å². The van der Waals surface area contributed by atoms with Gasteiger partial charge in [0, 0.05) is 47.4 Å². The molecule has 0 aromatic heterocycles. The second-order valence-electron chi connectivity index (χ2n) is 8.38. The van der Waals surface area contributed by atoms with E-state index in [0.29, 0.717) is 35.3 Å². The van der Waals surface area contributed by atoms with Crippen LogP contribution in [-0.2, 0) is 20.7 Å². The van der Waals surface area contributed by atoms with Crippen LogP contribution >= 0.6 is 35.6 Å². The van der Waals surface area contributed by atoms with Gasteiger partial charge >= 0.3 is 6.09 Å². The predicted octanol–water partition coefficient (Wildman–Crippen LogP) is 4.87. The fourth-order valence-corrected chi connectivity index (χ4v) is 4.40. The Kier molecular flexibility index (Phi) is 10.8. The maximum absolute atomic E-state index is 12.8. The zero-order valence-corrected chi connectivity index (χ0v) is 22.1. The first-order chi connectivity index (χ1) is 17.0. The molecule has 2 aromatic rings. The molecule has 0 spiro atoms. The Morgan fingerprint density at radius 3 is 2.69 bits per heavy atom. The van der Waals surface area contributed by atoms with Gasteiger partial charge in [0.15, 0.2) is 0 Å². The Balaban J connectivity index is 0.00000361. The van der Waals surface area contributed by atoms with Crippen LogP contribution in [0.3, 0.4) is 0 Å². The van der Waals surface area contributed by atoms with Crippen LogP contribution in [0.25, 0.3) is 0 Å². The van der Waals surface area contributed by atoms with Gasteiger partial charge in [0.25, 0.3) is 0 Å². The number of hydrogen-bond donors (Lipinski definition) is 1. The Morgan fingerprint density at radius 1 is 1.08 bits per heavy atom. The van der Waals surface area contributed by atoms with Crippen LogP contribution in [0.15, 0.2) is 47.6 Å². The van der Waals surface area contributed by atoms with Gasteiger partial charge in [0.2, 0.25) is 5.91 Å². The van der Waals surface area contributed by atoms with Gasteiger partial charge in [0.05, 0.1) is 38.5 Å². The predicted molar refractivity (Wildman–Crippen MR) is 144 cm³/mol. The highest BCUT2D eigenvalue weighted by molar-refractivity contribution is 6.36. The highest BCUT2D eigenvalue weighted by Crippen LogP contribution is 2.25. The minimum absolute atomic E-state index is 0. The molecule has 0 saturated carbocycles. The lowest BCUT2D eigenvalue weighted by molar-refractivity contribution is -0.130. The van der Waals surface area contributed by atoms with Gasteiger partial charge in [-0.3, -0.25) is 15.0 Å². The lowest BCUT2D eigenvalue weighted by Gasteiger charge is -2.26. The molecular weight excluding hydrogens is 527 g/mol. The van der Waals surface area contributed by atoms with Crippen LogP contribution in [0.1, 0.15) is 24.0 Å². The normalized spacial score (nSPS) is 15.7. The molecule has 2 heterocycles. The molecule has 1 N–H and O–H groups in total. The van der Waals surface area contributed by atoms with E-state index in [-0.39, 0.29) is 24.7 Å². The van der Waals surface area contributed by atoms with Gasteiger partial charge in [-0.1, -0.05) is 35.3 Å². The highest BCUT2D eigenvalue weighted by Gasteiger charge is 2.23. The van der Waals surface area contributed by atoms with Gasteiger partial charge in [0.1, 0.15) is 0 Å². The number of anilines is 1. The Morgan fingerprint density at radius 2 is 1.89 bits per heavy atom. The average Bonchev–Trinajstić information content (AvgIpc) is 3.35. The van der Waals surface area contributed by atoms with Gasteiger partial charge in [-0.05, 0) is 42.3 Å². The molecule has 0 bridgehead atoms. The van der Waals surface area contributed by atoms with E-state index in [1.165, 1.54) is 5.01 Å². The third kappa shape index (κ3) is 8.08. The van der Waals surface area contributed by atoms with E-state index in [1.54, 1.807) is 36.4 Å². The third-order valence-corrected chi connectivity index (χ3v) is 6.38. The van der Waals surface area contributed by atoms with E-state index in [1.807, 2.05) is 6.07 Å². The van der Waals surface area contributed by atoms with E-state index in [9.17, 15) is 9.59 Å². The highest BCUT2D eigenvalue weighted by atomic mass is 35.5. The van der Waals surface area contributed by atoms with Crippen molar-refractivity contribution in [3.05, 3.63) is 63.6 Å². The van der Waals surface area contributed by atoms with Crippen molar-refractivity contribution in [1.82, 2.24) is 9.91 Å². The maximum Gasteiger partial charge on any atom is 0.411 e. The van der Waals surface area contributed by atoms with Crippen molar-refractivity contribution < 1.29 is 19.1 Å². The molecule has 36 heavy (non-hydrogen) atoms. The molecule has 2 amide bonds. The number of benzene rings is 2. The molecule has 1 fully saturated rings. The summed E-state index contributed by atoms with van der Waals surface area (Å²) in [5, 5.41) is 9.76. The molecule has 1 saturated heterocycles. The molecule has 8 nitrogen and oxygen atoms in total. The zero-order chi connectivity index (χ0) is 24.6. The van der Waals surface area contributed by atoms with E-state index < -0.39 is 6.09 Å². The molecule has 4 rings (SSSR count). The first-order valence-electron chi connectivity index (χ1n) is 11.6. The van der Waals surface area contributed by atoms with E-state index >= 15 is 0 Å². The molecule has 0 atom stereocenters. The number of carbonyl (C=O) groups is 2. The topological polar surface area (TPSA) is 83.5 Å². The van der Waals surface area contributed by atoms with Crippen molar-refractivity contribution in [1.29, 1.82) is 0 Å². The largest absolute Gasteiger partial charge is 0.449 e. The fourth-order valence-electron chi connectivity index (χ4n) is 4.00. The standard InChI is InChI=1S/C25H28Cl2N4O4.ClH/c26-19-5-6-22(27)21(17-19)23-7-9-31(29-23)24(32)16-18-3-1-4-20(15-18)28-25(33)35-12-2-8-30-10-13-34-14-11-30;/h1,3-6,15,17H,2,7-14,16H2,(H,28,33);1H.